The van der Waals surface area contributed by atoms with Crippen LogP contribution in [0.25, 0.3) is 10.9 Å². The molecule has 0 atom stereocenters. The Labute approximate surface area is 193 Å². The smallest absolute Gasteiger partial charge is 0.262 e. The van der Waals surface area contributed by atoms with Crippen LogP contribution in [0.3, 0.4) is 0 Å². The van der Waals surface area contributed by atoms with E-state index in [0.717, 1.165) is 19.5 Å². The van der Waals surface area contributed by atoms with Gasteiger partial charge in [0.25, 0.3) is 11.5 Å². The van der Waals surface area contributed by atoms with Gasteiger partial charge in [0.15, 0.2) is 4.77 Å². The number of methoxy groups -OCH3 is 1. The summed E-state index contributed by atoms with van der Waals surface area (Å²) in [6.45, 7) is 3.37. The zero-order chi connectivity index (χ0) is 22.9. The van der Waals surface area contributed by atoms with E-state index in [9.17, 15) is 9.59 Å². The monoisotopic (exact) mass is 454 g/mol. The molecule has 3 rings (SSSR count). The van der Waals surface area contributed by atoms with Crippen molar-refractivity contribution in [2.24, 2.45) is 0 Å². The van der Waals surface area contributed by atoms with Crippen molar-refractivity contribution >= 4 is 29.0 Å². The zero-order valence-electron chi connectivity index (χ0n) is 18.6. The van der Waals surface area contributed by atoms with Crippen LogP contribution in [0.4, 0.5) is 0 Å². The van der Waals surface area contributed by atoms with Gasteiger partial charge in [-0.1, -0.05) is 30.3 Å². The van der Waals surface area contributed by atoms with E-state index in [4.69, 9.17) is 17.0 Å². The maximum Gasteiger partial charge on any atom is 0.262 e. The highest BCUT2D eigenvalue weighted by Crippen LogP contribution is 2.11. The van der Waals surface area contributed by atoms with Crippen LogP contribution in [0.15, 0.2) is 53.3 Å². The predicted octanol–water partition coefficient (Wildman–Crippen LogP) is 3.35. The summed E-state index contributed by atoms with van der Waals surface area (Å²) < 4.78 is 6.92. The first kappa shape index (κ1) is 23.8. The molecular formula is C24H30N4O3S. The number of aromatic amines is 1. The SMILES string of the molecule is COCCCn1c(=S)[nH]c2cc(C(=O)NCCCN(C)Cc3ccccc3)ccc2c1=O. The molecule has 7 nitrogen and oxygen atoms in total. The summed E-state index contributed by atoms with van der Waals surface area (Å²) in [6.07, 6.45) is 1.54. The van der Waals surface area contributed by atoms with Gasteiger partial charge in [-0.15, -0.1) is 0 Å². The summed E-state index contributed by atoms with van der Waals surface area (Å²) in [5.74, 6) is -0.166. The Morgan fingerprint density at radius 3 is 2.72 bits per heavy atom. The number of carbonyl (C=O) groups is 1. The van der Waals surface area contributed by atoms with E-state index in [1.807, 2.05) is 18.2 Å². The molecule has 0 bridgehead atoms. The van der Waals surface area contributed by atoms with Gasteiger partial charge in [0.05, 0.1) is 10.9 Å². The van der Waals surface area contributed by atoms with Gasteiger partial charge in [0.1, 0.15) is 0 Å². The average molecular weight is 455 g/mol. The fourth-order valence-electron chi connectivity index (χ4n) is 3.59. The lowest BCUT2D eigenvalue weighted by Gasteiger charge is -2.16. The predicted molar refractivity (Wildman–Crippen MR) is 130 cm³/mol. The fraction of sp³-hybridized carbons (Fsp3) is 0.375. The quantitative estimate of drug-likeness (QED) is 0.343. The molecule has 0 aliphatic rings. The number of aromatic nitrogens is 2. The lowest BCUT2D eigenvalue weighted by Crippen LogP contribution is -2.28. The minimum Gasteiger partial charge on any atom is -0.385 e. The Kier molecular flexibility index (Phi) is 8.72. The molecule has 3 aromatic rings. The highest BCUT2D eigenvalue weighted by atomic mass is 32.1. The number of fused-ring (bicyclic) bond motifs is 1. The number of ether oxygens (including phenoxy) is 1. The number of carbonyl (C=O) groups excluding carboxylic acids is 1. The Hall–Kier alpha value is -2.81. The first-order valence-corrected chi connectivity index (χ1v) is 11.2. The van der Waals surface area contributed by atoms with E-state index >= 15 is 0 Å². The molecule has 0 spiro atoms. The molecule has 0 aliphatic heterocycles. The van der Waals surface area contributed by atoms with Gasteiger partial charge in [-0.2, -0.15) is 0 Å². The van der Waals surface area contributed by atoms with Crippen LogP contribution >= 0.6 is 12.2 Å². The van der Waals surface area contributed by atoms with Crippen LogP contribution in [0.2, 0.25) is 0 Å². The van der Waals surface area contributed by atoms with Gasteiger partial charge in [-0.3, -0.25) is 14.2 Å². The fourth-order valence-corrected chi connectivity index (χ4v) is 3.88. The second-order valence-electron chi connectivity index (χ2n) is 7.83. The number of benzene rings is 2. The molecular weight excluding hydrogens is 424 g/mol. The molecule has 8 heteroatoms. The van der Waals surface area contributed by atoms with Crippen LogP contribution in [0.5, 0.6) is 0 Å². The minimum absolute atomic E-state index is 0.159. The van der Waals surface area contributed by atoms with Gasteiger partial charge in [-0.25, -0.2) is 0 Å². The molecule has 0 saturated heterocycles. The average Bonchev–Trinajstić information content (AvgIpc) is 2.79. The highest BCUT2D eigenvalue weighted by Gasteiger charge is 2.10. The van der Waals surface area contributed by atoms with Gasteiger partial charge in [0.2, 0.25) is 0 Å². The number of amides is 1. The summed E-state index contributed by atoms with van der Waals surface area (Å²) >= 11 is 5.34. The number of nitrogens with zero attached hydrogens (tertiary/aromatic N) is 2. The van der Waals surface area contributed by atoms with Crippen molar-refractivity contribution in [3.05, 3.63) is 74.8 Å². The summed E-state index contributed by atoms with van der Waals surface area (Å²) in [7, 11) is 3.70. The topological polar surface area (TPSA) is 79.4 Å². The van der Waals surface area contributed by atoms with Crippen molar-refractivity contribution < 1.29 is 9.53 Å². The molecule has 170 valence electrons. The maximum absolute atomic E-state index is 12.8. The number of hydrogen-bond acceptors (Lipinski definition) is 5. The van der Waals surface area contributed by atoms with Crippen LogP contribution in [0, 0.1) is 4.77 Å². The van der Waals surface area contributed by atoms with Crippen LogP contribution in [-0.4, -0.2) is 54.2 Å². The lowest BCUT2D eigenvalue weighted by molar-refractivity contribution is 0.0952. The first-order chi connectivity index (χ1) is 15.5. The Balaban J connectivity index is 1.56. The van der Waals surface area contributed by atoms with Crippen molar-refractivity contribution in [1.29, 1.82) is 0 Å². The van der Waals surface area contributed by atoms with Gasteiger partial charge in [-0.05, 0) is 62.4 Å². The second-order valence-corrected chi connectivity index (χ2v) is 8.21. The molecule has 32 heavy (non-hydrogen) atoms. The third-order valence-electron chi connectivity index (χ3n) is 5.27. The van der Waals surface area contributed by atoms with Crippen molar-refractivity contribution in [2.45, 2.75) is 25.9 Å². The standard InChI is InChI=1S/C24H30N4O3S/c1-27(17-18-8-4-3-5-9-18)13-6-12-25-22(29)19-10-11-20-21(16-19)26-24(32)28(23(20)30)14-7-15-31-2/h3-5,8-11,16H,6-7,12-15,17H2,1-2H3,(H,25,29)(H,26,32). The highest BCUT2D eigenvalue weighted by molar-refractivity contribution is 7.71. The molecule has 0 aliphatic carbocycles. The van der Waals surface area contributed by atoms with E-state index < -0.39 is 0 Å². The maximum atomic E-state index is 12.8. The van der Waals surface area contributed by atoms with Crippen LogP contribution in [0.1, 0.15) is 28.8 Å². The largest absolute Gasteiger partial charge is 0.385 e. The lowest BCUT2D eigenvalue weighted by atomic mass is 10.1. The summed E-state index contributed by atoms with van der Waals surface area (Å²) in [6, 6.07) is 15.3. The second kappa shape index (κ2) is 11.7. The third kappa shape index (κ3) is 6.35. The minimum atomic E-state index is -0.166. The van der Waals surface area contributed by atoms with Crippen LogP contribution < -0.4 is 10.9 Å². The normalized spacial score (nSPS) is 11.2. The molecule has 0 unspecified atom stereocenters. The summed E-state index contributed by atoms with van der Waals surface area (Å²) in [4.78, 5) is 30.6. The van der Waals surface area contributed by atoms with Crippen LogP contribution in [-0.2, 0) is 17.8 Å². The summed E-state index contributed by atoms with van der Waals surface area (Å²) in [5, 5.41) is 3.46. The molecule has 0 fully saturated rings. The Morgan fingerprint density at radius 2 is 1.97 bits per heavy atom. The Bertz CT molecular complexity index is 1160. The number of H-pyrrole nitrogens is 1. The Morgan fingerprint density at radius 1 is 1.19 bits per heavy atom. The third-order valence-corrected chi connectivity index (χ3v) is 5.59. The van der Waals surface area contributed by atoms with E-state index in [1.165, 1.54) is 10.1 Å². The molecule has 1 heterocycles. The van der Waals surface area contributed by atoms with E-state index in [1.54, 1.807) is 25.3 Å². The van der Waals surface area contributed by atoms with Crippen molar-refractivity contribution in [2.75, 3.05) is 33.9 Å². The molecule has 0 radical (unpaired) electrons. The molecule has 0 saturated carbocycles. The molecule has 1 amide bonds. The van der Waals surface area contributed by atoms with Gasteiger partial charge in [0, 0.05) is 38.9 Å². The van der Waals surface area contributed by atoms with Gasteiger partial charge >= 0.3 is 0 Å². The van der Waals surface area contributed by atoms with Gasteiger partial charge < -0.3 is 19.9 Å². The van der Waals surface area contributed by atoms with E-state index in [0.29, 0.717) is 47.4 Å². The number of hydrogen-bond donors (Lipinski definition) is 2. The number of nitrogens with one attached hydrogen (secondary N) is 2. The van der Waals surface area contributed by atoms with E-state index in [-0.39, 0.29) is 11.5 Å². The molecule has 2 aromatic carbocycles. The summed E-state index contributed by atoms with van der Waals surface area (Å²) in [5.41, 5.74) is 2.18. The number of rotatable bonds is 11. The van der Waals surface area contributed by atoms with E-state index in [2.05, 4.69) is 34.4 Å². The zero-order valence-corrected chi connectivity index (χ0v) is 19.4. The van der Waals surface area contributed by atoms with Crippen molar-refractivity contribution in [3.63, 3.8) is 0 Å². The van der Waals surface area contributed by atoms with Crippen molar-refractivity contribution in [1.82, 2.24) is 19.8 Å². The molecule has 2 N–H and O–H groups in total. The van der Waals surface area contributed by atoms with Crippen molar-refractivity contribution in [3.8, 4) is 0 Å². The first-order valence-electron chi connectivity index (χ1n) is 10.8. The molecule has 1 aromatic heterocycles.